The second kappa shape index (κ2) is 6.36. The lowest BCUT2D eigenvalue weighted by Crippen LogP contribution is -2.30. The quantitative estimate of drug-likeness (QED) is 0.618. The molecule has 3 nitrogen and oxygen atoms in total. The van der Waals surface area contributed by atoms with Gasteiger partial charge in [0.2, 0.25) is 0 Å². The van der Waals surface area contributed by atoms with Crippen LogP contribution in [0.3, 0.4) is 0 Å². The van der Waals surface area contributed by atoms with Gasteiger partial charge in [-0.25, -0.2) is 0 Å². The smallest absolute Gasteiger partial charge is 0.256 e. The van der Waals surface area contributed by atoms with Gasteiger partial charge in [-0.3, -0.25) is 4.79 Å². The largest absolute Gasteiger partial charge is 0.323 e. The molecule has 6 heteroatoms. The number of carbonyl (C=O) groups is 1. The number of fused-ring (bicyclic) bond motifs is 1. The molecule has 0 spiro atoms. The van der Waals surface area contributed by atoms with Crippen LogP contribution >= 0.6 is 35.0 Å². The number of nitrogens with zero attached hydrogens (tertiary/aromatic N) is 2. The van der Waals surface area contributed by atoms with Crippen LogP contribution in [-0.4, -0.2) is 27.5 Å². The standard InChI is InChI=1S/C18H14Cl2N2OS/c19-13-4-5-15(16(20)10-13)18-22(7-8-24-18)17(23)12-9-14-3-1-2-6-21(14)11-12/h1-6,9-11,18H,7-8H2. The molecular weight excluding hydrogens is 363 g/mol. The molecule has 1 saturated heterocycles. The van der Waals surface area contributed by atoms with Crippen molar-refractivity contribution in [3.8, 4) is 0 Å². The summed E-state index contributed by atoms with van der Waals surface area (Å²) >= 11 is 14.1. The molecule has 122 valence electrons. The Morgan fingerprint density at radius 2 is 2.04 bits per heavy atom. The summed E-state index contributed by atoms with van der Waals surface area (Å²) in [5.74, 6) is 0.919. The molecule has 1 amide bonds. The van der Waals surface area contributed by atoms with Gasteiger partial charge < -0.3 is 9.30 Å². The molecule has 0 bridgehead atoms. The Morgan fingerprint density at radius 1 is 1.17 bits per heavy atom. The number of pyridine rings is 1. The Morgan fingerprint density at radius 3 is 2.83 bits per heavy atom. The zero-order valence-corrected chi connectivity index (χ0v) is 15.0. The first-order valence-corrected chi connectivity index (χ1v) is 9.38. The summed E-state index contributed by atoms with van der Waals surface area (Å²) in [5.41, 5.74) is 2.63. The predicted molar refractivity (Wildman–Crippen MR) is 100 cm³/mol. The lowest BCUT2D eigenvalue weighted by atomic mass is 10.2. The van der Waals surface area contributed by atoms with Crippen molar-refractivity contribution in [2.24, 2.45) is 0 Å². The van der Waals surface area contributed by atoms with Gasteiger partial charge in [0.15, 0.2) is 0 Å². The van der Waals surface area contributed by atoms with Gasteiger partial charge in [-0.15, -0.1) is 11.8 Å². The van der Waals surface area contributed by atoms with Gasteiger partial charge in [0.1, 0.15) is 5.37 Å². The number of carbonyl (C=O) groups excluding carboxylic acids is 1. The van der Waals surface area contributed by atoms with E-state index in [0.29, 0.717) is 22.2 Å². The van der Waals surface area contributed by atoms with Gasteiger partial charge in [0, 0.05) is 45.8 Å². The third-order valence-electron chi connectivity index (χ3n) is 4.13. The van der Waals surface area contributed by atoms with E-state index in [1.807, 2.05) is 58.1 Å². The number of hydrogen-bond acceptors (Lipinski definition) is 2. The van der Waals surface area contributed by atoms with Crippen LogP contribution in [0.2, 0.25) is 10.0 Å². The average Bonchev–Trinajstić information content (AvgIpc) is 3.21. The molecule has 1 aromatic carbocycles. The Labute approximate surface area is 154 Å². The molecule has 0 aliphatic carbocycles. The van der Waals surface area contributed by atoms with E-state index in [0.717, 1.165) is 16.8 Å². The van der Waals surface area contributed by atoms with Gasteiger partial charge in [0.05, 0.1) is 5.56 Å². The zero-order chi connectivity index (χ0) is 16.7. The van der Waals surface area contributed by atoms with E-state index in [-0.39, 0.29) is 11.3 Å². The molecule has 0 N–H and O–H groups in total. The predicted octanol–water partition coefficient (Wildman–Crippen LogP) is 5.13. The summed E-state index contributed by atoms with van der Waals surface area (Å²) < 4.78 is 1.96. The highest BCUT2D eigenvalue weighted by atomic mass is 35.5. The third-order valence-corrected chi connectivity index (χ3v) is 5.94. The van der Waals surface area contributed by atoms with Gasteiger partial charge in [-0.05, 0) is 30.3 Å². The highest BCUT2D eigenvalue weighted by Crippen LogP contribution is 2.42. The molecule has 0 saturated carbocycles. The van der Waals surface area contributed by atoms with Crippen LogP contribution in [0.15, 0.2) is 54.9 Å². The fourth-order valence-corrected chi connectivity index (χ4v) is 4.84. The normalized spacial score (nSPS) is 17.6. The lowest BCUT2D eigenvalue weighted by molar-refractivity contribution is 0.0760. The molecule has 0 radical (unpaired) electrons. The maximum atomic E-state index is 13.0. The Bertz CT molecular complexity index is 891. The maximum absolute atomic E-state index is 13.0. The molecule has 24 heavy (non-hydrogen) atoms. The molecule has 1 unspecified atom stereocenters. The molecule has 1 atom stereocenters. The van der Waals surface area contributed by atoms with E-state index in [1.165, 1.54) is 0 Å². The van der Waals surface area contributed by atoms with Gasteiger partial charge in [0.25, 0.3) is 5.91 Å². The van der Waals surface area contributed by atoms with Crippen molar-refractivity contribution in [2.75, 3.05) is 12.3 Å². The van der Waals surface area contributed by atoms with Crippen molar-refractivity contribution in [1.29, 1.82) is 0 Å². The van der Waals surface area contributed by atoms with Crippen molar-refractivity contribution in [2.45, 2.75) is 5.37 Å². The molecule has 2 aromatic heterocycles. The van der Waals surface area contributed by atoms with Gasteiger partial charge in [-0.1, -0.05) is 35.3 Å². The highest BCUT2D eigenvalue weighted by molar-refractivity contribution is 7.99. The van der Waals surface area contributed by atoms with Gasteiger partial charge in [-0.2, -0.15) is 0 Å². The van der Waals surface area contributed by atoms with Crippen molar-refractivity contribution in [3.05, 3.63) is 76.0 Å². The lowest BCUT2D eigenvalue weighted by Gasteiger charge is -2.24. The van der Waals surface area contributed by atoms with Gasteiger partial charge >= 0.3 is 0 Å². The molecular formula is C18H14Cl2N2OS. The minimum absolute atomic E-state index is 0.0275. The van der Waals surface area contributed by atoms with Crippen molar-refractivity contribution >= 4 is 46.4 Å². The molecule has 1 aliphatic heterocycles. The number of rotatable bonds is 2. The first-order chi connectivity index (χ1) is 11.6. The summed E-state index contributed by atoms with van der Waals surface area (Å²) in [6, 6.07) is 13.3. The first-order valence-electron chi connectivity index (χ1n) is 7.58. The van der Waals surface area contributed by atoms with E-state index in [1.54, 1.807) is 17.8 Å². The van der Waals surface area contributed by atoms with Crippen LogP contribution in [0.4, 0.5) is 0 Å². The fourth-order valence-electron chi connectivity index (χ4n) is 2.98. The number of benzene rings is 1. The van der Waals surface area contributed by atoms with E-state index in [4.69, 9.17) is 23.2 Å². The molecule has 3 aromatic rings. The summed E-state index contributed by atoms with van der Waals surface area (Å²) in [4.78, 5) is 14.9. The van der Waals surface area contributed by atoms with Crippen LogP contribution in [0.5, 0.6) is 0 Å². The van der Waals surface area contributed by atoms with E-state index in [2.05, 4.69) is 0 Å². The number of thioether (sulfide) groups is 1. The zero-order valence-electron chi connectivity index (χ0n) is 12.7. The topological polar surface area (TPSA) is 24.7 Å². The number of amides is 1. The van der Waals surface area contributed by atoms with E-state index in [9.17, 15) is 4.79 Å². The monoisotopic (exact) mass is 376 g/mol. The van der Waals surface area contributed by atoms with Crippen molar-refractivity contribution < 1.29 is 4.79 Å². The van der Waals surface area contributed by atoms with E-state index < -0.39 is 0 Å². The Kier molecular flexibility index (Phi) is 4.21. The Balaban J connectivity index is 1.67. The van der Waals surface area contributed by atoms with Crippen LogP contribution in [0, 0.1) is 0 Å². The SMILES string of the molecule is O=C(c1cc2ccccn2c1)N1CCSC1c1ccc(Cl)cc1Cl. The number of halogens is 2. The van der Waals surface area contributed by atoms with Crippen molar-refractivity contribution in [1.82, 2.24) is 9.30 Å². The first kappa shape index (κ1) is 15.9. The summed E-state index contributed by atoms with van der Waals surface area (Å²) in [7, 11) is 0. The van der Waals surface area contributed by atoms with Crippen molar-refractivity contribution in [3.63, 3.8) is 0 Å². The number of hydrogen-bond donors (Lipinski definition) is 0. The second-order valence-corrected chi connectivity index (χ2v) is 7.68. The molecule has 1 aliphatic rings. The minimum atomic E-state index is -0.0784. The third kappa shape index (κ3) is 2.79. The van der Waals surface area contributed by atoms with Crippen LogP contribution in [-0.2, 0) is 0 Å². The molecule has 4 rings (SSSR count). The van der Waals surface area contributed by atoms with Crippen LogP contribution in [0.25, 0.3) is 5.52 Å². The highest BCUT2D eigenvalue weighted by Gasteiger charge is 2.33. The van der Waals surface area contributed by atoms with Crippen LogP contribution in [0.1, 0.15) is 21.3 Å². The fraction of sp³-hybridized carbons (Fsp3) is 0.167. The van der Waals surface area contributed by atoms with Crippen LogP contribution < -0.4 is 0 Å². The second-order valence-electron chi connectivity index (χ2n) is 5.65. The molecule has 3 heterocycles. The molecule has 1 fully saturated rings. The average molecular weight is 377 g/mol. The minimum Gasteiger partial charge on any atom is -0.323 e. The maximum Gasteiger partial charge on any atom is 0.256 e. The summed E-state index contributed by atoms with van der Waals surface area (Å²) in [6.07, 6.45) is 3.82. The van der Waals surface area contributed by atoms with E-state index >= 15 is 0 Å². The number of aromatic nitrogens is 1. The summed E-state index contributed by atoms with van der Waals surface area (Å²) in [6.45, 7) is 0.708. The Hall–Kier alpha value is -1.62. The summed E-state index contributed by atoms with van der Waals surface area (Å²) in [5, 5.41) is 1.12.